The Bertz CT molecular complexity index is 1460. The molecule has 0 unspecified atom stereocenters. The summed E-state index contributed by atoms with van der Waals surface area (Å²) in [7, 11) is 0. The molecule has 0 fully saturated rings. The Morgan fingerprint density at radius 2 is 0.941 bits per heavy atom. The highest BCUT2D eigenvalue weighted by Crippen LogP contribution is 2.23. The van der Waals surface area contributed by atoms with Crippen molar-refractivity contribution in [3.05, 3.63) is 132 Å². The SMILES string of the molecule is O=C(Nc1ccccc1)c1ccc(-c2ccc(C(=O)Nc3ccc4ccccc4c3)cc2)cc1. The fourth-order valence-electron chi connectivity index (χ4n) is 3.82. The van der Waals surface area contributed by atoms with E-state index in [4.69, 9.17) is 0 Å². The highest BCUT2D eigenvalue weighted by atomic mass is 16.2. The Hall–Kier alpha value is -4.70. The predicted molar refractivity (Wildman–Crippen MR) is 138 cm³/mol. The first-order chi connectivity index (χ1) is 16.7. The molecule has 5 aromatic carbocycles. The summed E-state index contributed by atoms with van der Waals surface area (Å²) in [4.78, 5) is 25.2. The number of rotatable bonds is 5. The van der Waals surface area contributed by atoms with Gasteiger partial charge >= 0.3 is 0 Å². The molecule has 4 heteroatoms. The molecule has 5 rings (SSSR count). The van der Waals surface area contributed by atoms with Gasteiger partial charge < -0.3 is 10.6 Å². The fraction of sp³-hybridized carbons (Fsp3) is 0. The number of carbonyl (C=O) groups is 2. The van der Waals surface area contributed by atoms with E-state index in [0.717, 1.165) is 33.3 Å². The molecule has 0 aliphatic carbocycles. The van der Waals surface area contributed by atoms with E-state index < -0.39 is 0 Å². The number of nitrogens with one attached hydrogen (secondary N) is 2. The number of fused-ring (bicyclic) bond motifs is 1. The first-order valence-corrected chi connectivity index (χ1v) is 11.0. The zero-order valence-electron chi connectivity index (χ0n) is 18.4. The quantitative estimate of drug-likeness (QED) is 0.307. The lowest BCUT2D eigenvalue weighted by Crippen LogP contribution is -2.11. The van der Waals surface area contributed by atoms with Crippen molar-refractivity contribution >= 4 is 34.0 Å². The summed E-state index contributed by atoms with van der Waals surface area (Å²) in [6, 6.07) is 38.1. The molecule has 0 bridgehead atoms. The molecule has 2 amide bonds. The highest BCUT2D eigenvalue weighted by Gasteiger charge is 2.09. The number of amides is 2. The molecule has 0 atom stereocenters. The second-order valence-electron chi connectivity index (χ2n) is 7.99. The van der Waals surface area contributed by atoms with Crippen LogP contribution in [-0.2, 0) is 0 Å². The van der Waals surface area contributed by atoms with Crippen molar-refractivity contribution in [2.75, 3.05) is 10.6 Å². The molecule has 0 saturated carbocycles. The third-order valence-electron chi connectivity index (χ3n) is 5.67. The molecular weight excluding hydrogens is 420 g/mol. The minimum absolute atomic E-state index is 0.154. The van der Waals surface area contributed by atoms with Crippen LogP contribution < -0.4 is 10.6 Å². The summed E-state index contributed by atoms with van der Waals surface area (Å²) in [6.07, 6.45) is 0. The molecular formula is C30H22N2O2. The summed E-state index contributed by atoms with van der Waals surface area (Å²) in [5.41, 5.74) is 4.62. The Labute approximate surface area is 197 Å². The normalized spacial score (nSPS) is 10.6. The number of hydrogen-bond acceptors (Lipinski definition) is 2. The molecule has 0 spiro atoms. The lowest BCUT2D eigenvalue weighted by Gasteiger charge is -2.09. The number of carbonyl (C=O) groups excluding carboxylic acids is 2. The van der Waals surface area contributed by atoms with E-state index in [0.29, 0.717) is 11.1 Å². The molecule has 0 aliphatic rings. The molecule has 0 heterocycles. The van der Waals surface area contributed by atoms with Gasteiger partial charge in [-0.1, -0.05) is 72.8 Å². The van der Waals surface area contributed by atoms with Crippen LogP contribution >= 0.6 is 0 Å². The van der Waals surface area contributed by atoms with Gasteiger partial charge in [-0.15, -0.1) is 0 Å². The predicted octanol–water partition coefficient (Wildman–Crippen LogP) is 7.01. The van der Waals surface area contributed by atoms with Crippen LogP contribution in [-0.4, -0.2) is 11.8 Å². The molecule has 2 N–H and O–H groups in total. The monoisotopic (exact) mass is 442 g/mol. The van der Waals surface area contributed by atoms with Gasteiger partial charge in [0.25, 0.3) is 11.8 Å². The van der Waals surface area contributed by atoms with E-state index in [1.54, 1.807) is 12.1 Å². The molecule has 34 heavy (non-hydrogen) atoms. The summed E-state index contributed by atoms with van der Waals surface area (Å²) in [5, 5.41) is 8.06. The summed E-state index contributed by atoms with van der Waals surface area (Å²) < 4.78 is 0. The van der Waals surface area contributed by atoms with Crippen molar-refractivity contribution in [2.24, 2.45) is 0 Å². The van der Waals surface area contributed by atoms with E-state index >= 15 is 0 Å². The molecule has 5 aromatic rings. The molecule has 0 aliphatic heterocycles. The first kappa shape index (κ1) is 21.2. The van der Waals surface area contributed by atoms with Gasteiger partial charge in [0.1, 0.15) is 0 Å². The van der Waals surface area contributed by atoms with Gasteiger partial charge in [-0.05, 0) is 70.4 Å². The second-order valence-corrected chi connectivity index (χ2v) is 7.99. The van der Waals surface area contributed by atoms with Crippen LogP contribution in [0, 0.1) is 0 Å². The number of hydrogen-bond donors (Lipinski definition) is 2. The molecule has 4 nitrogen and oxygen atoms in total. The van der Waals surface area contributed by atoms with Crippen LogP contribution in [0.25, 0.3) is 21.9 Å². The smallest absolute Gasteiger partial charge is 0.255 e. The molecule has 0 saturated heterocycles. The minimum atomic E-state index is -0.158. The highest BCUT2D eigenvalue weighted by molar-refractivity contribution is 6.06. The first-order valence-electron chi connectivity index (χ1n) is 11.0. The van der Waals surface area contributed by atoms with Crippen molar-refractivity contribution in [1.82, 2.24) is 0 Å². The van der Waals surface area contributed by atoms with E-state index in [1.807, 2.05) is 109 Å². The van der Waals surface area contributed by atoms with Crippen molar-refractivity contribution in [3.63, 3.8) is 0 Å². The van der Waals surface area contributed by atoms with Crippen LogP contribution in [0.5, 0.6) is 0 Å². The van der Waals surface area contributed by atoms with Gasteiger partial charge in [0.15, 0.2) is 0 Å². The standard InChI is InChI=1S/C30H22N2O2/c33-29(31-27-8-2-1-3-9-27)24-14-10-22(11-15-24)23-12-16-25(17-13-23)30(34)32-28-19-18-21-6-4-5-7-26(21)20-28/h1-20H,(H,31,33)(H,32,34). The summed E-state index contributed by atoms with van der Waals surface area (Å²) in [5.74, 6) is -0.312. The van der Waals surface area contributed by atoms with Crippen LogP contribution in [0.15, 0.2) is 121 Å². The second kappa shape index (κ2) is 9.43. The summed E-state index contributed by atoms with van der Waals surface area (Å²) >= 11 is 0. The van der Waals surface area contributed by atoms with E-state index in [9.17, 15) is 9.59 Å². The van der Waals surface area contributed by atoms with Crippen LogP contribution in [0.3, 0.4) is 0 Å². The van der Waals surface area contributed by atoms with Crippen molar-refractivity contribution in [2.45, 2.75) is 0 Å². The van der Waals surface area contributed by atoms with Crippen molar-refractivity contribution < 1.29 is 9.59 Å². The topological polar surface area (TPSA) is 58.2 Å². The maximum Gasteiger partial charge on any atom is 0.255 e. The van der Waals surface area contributed by atoms with Gasteiger partial charge in [0.2, 0.25) is 0 Å². The van der Waals surface area contributed by atoms with E-state index in [-0.39, 0.29) is 11.8 Å². The van der Waals surface area contributed by atoms with Gasteiger partial charge in [-0.2, -0.15) is 0 Å². The van der Waals surface area contributed by atoms with Gasteiger partial charge in [-0.25, -0.2) is 0 Å². The van der Waals surface area contributed by atoms with Crippen molar-refractivity contribution in [3.8, 4) is 11.1 Å². The number of para-hydroxylation sites is 1. The fourth-order valence-corrected chi connectivity index (χ4v) is 3.82. The molecule has 0 radical (unpaired) electrons. The zero-order valence-corrected chi connectivity index (χ0v) is 18.4. The number of anilines is 2. The maximum absolute atomic E-state index is 12.7. The minimum Gasteiger partial charge on any atom is -0.322 e. The summed E-state index contributed by atoms with van der Waals surface area (Å²) in [6.45, 7) is 0. The lowest BCUT2D eigenvalue weighted by atomic mass is 10.0. The Morgan fingerprint density at radius 3 is 1.53 bits per heavy atom. The average Bonchev–Trinajstić information content (AvgIpc) is 2.89. The Morgan fingerprint density at radius 1 is 0.441 bits per heavy atom. The van der Waals surface area contributed by atoms with Crippen LogP contribution in [0.4, 0.5) is 11.4 Å². The van der Waals surface area contributed by atoms with E-state index in [1.165, 1.54) is 0 Å². The average molecular weight is 443 g/mol. The lowest BCUT2D eigenvalue weighted by molar-refractivity contribution is 0.101. The van der Waals surface area contributed by atoms with E-state index in [2.05, 4.69) is 10.6 Å². The third-order valence-corrected chi connectivity index (χ3v) is 5.67. The van der Waals surface area contributed by atoms with Gasteiger partial charge in [0.05, 0.1) is 0 Å². The van der Waals surface area contributed by atoms with Gasteiger partial charge in [-0.3, -0.25) is 9.59 Å². The zero-order chi connectivity index (χ0) is 23.3. The Balaban J connectivity index is 1.26. The molecule has 164 valence electrons. The molecule has 0 aromatic heterocycles. The maximum atomic E-state index is 12.7. The van der Waals surface area contributed by atoms with Crippen LogP contribution in [0.1, 0.15) is 20.7 Å². The third kappa shape index (κ3) is 4.71. The Kier molecular flexibility index (Phi) is 5.87. The van der Waals surface area contributed by atoms with Gasteiger partial charge in [0, 0.05) is 22.5 Å². The number of benzene rings is 5. The largest absolute Gasteiger partial charge is 0.322 e. The van der Waals surface area contributed by atoms with Crippen LogP contribution in [0.2, 0.25) is 0 Å². The van der Waals surface area contributed by atoms with Crippen molar-refractivity contribution in [1.29, 1.82) is 0 Å².